The predicted molar refractivity (Wildman–Crippen MR) is 108 cm³/mol. The van der Waals surface area contributed by atoms with Crippen LogP contribution in [0, 0.1) is 6.92 Å². The summed E-state index contributed by atoms with van der Waals surface area (Å²) in [7, 11) is -2.39. The number of fused-ring (bicyclic) bond motifs is 1. The predicted octanol–water partition coefficient (Wildman–Crippen LogP) is 2.73. The van der Waals surface area contributed by atoms with Gasteiger partial charge < -0.3 is 14.4 Å². The molecule has 28 heavy (non-hydrogen) atoms. The van der Waals surface area contributed by atoms with Crippen molar-refractivity contribution >= 4 is 27.3 Å². The highest BCUT2D eigenvalue weighted by Gasteiger charge is 2.26. The smallest absolute Gasteiger partial charge is 0.265 e. The first-order valence-corrected chi connectivity index (χ1v) is 10.5. The highest BCUT2D eigenvalue weighted by molar-refractivity contribution is 7.92. The van der Waals surface area contributed by atoms with Crippen molar-refractivity contribution in [1.29, 1.82) is 0 Å². The van der Waals surface area contributed by atoms with E-state index in [9.17, 15) is 13.2 Å². The maximum atomic E-state index is 13.0. The average molecular weight is 404 g/mol. The van der Waals surface area contributed by atoms with Crippen LogP contribution in [0.2, 0.25) is 0 Å². The third kappa shape index (κ3) is 4.13. The normalized spacial score (nSPS) is 13.3. The van der Waals surface area contributed by atoms with Crippen LogP contribution in [0.5, 0.6) is 5.75 Å². The number of hydrogen-bond donors (Lipinski definition) is 1. The summed E-state index contributed by atoms with van der Waals surface area (Å²) in [6, 6.07) is 10.3. The van der Waals surface area contributed by atoms with E-state index in [0.29, 0.717) is 30.3 Å². The molecule has 0 spiro atoms. The van der Waals surface area contributed by atoms with Gasteiger partial charge >= 0.3 is 0 Å². The second kappa shape index (κ2) is 8.20. The van der Waals surface area contributed by atoms with E-state index in [1.54, 1.807) is 42.2 Å². The molecule has 0 saturated heterocycles. The minimum Gasteiger partial charge on any atom is -0.492 e. The number of sulfonamides is 1. The number of hydrogen-bond acceptors (Lipinski definition) is 5. The Labute approximate surface area is 165 Å². The highest BCUT2D eigenvalue weighted by atomic mass is 32.2. The summed E-state index contributed by atoms with van der Waals surface area (Å²) in [4.78, 5) is 13.9. The van der Waals surface area contributed by atoms with Crippen molar-refractivity contribution in [1.82, 2.24) is 0 Å². The summed E-state index contributed by atoms with van der Waals surface area (Å²) in [6.07, 6.45) is 0.726. The summed E-state index contributed by atoms with van der Waals surface area (Å²) in [5.74, 6) is 0.150. The van der Waals surface area contributed by atoms with Crippen LogP contribution in [0.3, 0.4) is 0 Å². The molecule has 2 aromatic rings. The minimum absolute atomic E-state index is 0.0175. The first-order chi connectivity index (χ1) is 13.4. The summed E-state index contributed by atoms with van der Waals surface area (Å²) < 4.78 is 39.0. The zero-order valence-corrected chi connectivity index (χ0v) is 17.0. The molecule has 0 radical (unpaired) electrons. The highest BCUT2D eigenvalue weighted by Crippen LogP contribution is 2.33. The lowest BCUT2D eigenvalue weighted by atomic mass is 10.1. The molecule has 3 rings (SSSR count). The molecule has 1 aliphatic rings. The van der Waals surface area contributed by atoms with E-state index in [-0.39, 0.29) is 17.4 Å². The van der Waals surface area contributed by atoms with E-state index in [1.165, 1.54) is 7.11 Å². The Morgan fingerprint density at radius 2 is 2.00 bits per heavy atom. The molecule has 1 amide bonds. The van der Waals surface area contributed by atoms with Crippen LogP contribution in [0.15, 0.2) is 41.3 Å². The molecule has 0 saturated carbocycles. The van der Waals surface area contributed by atoms with Crippen molar-refractivity contribution in [2.75, 3.05) is 36.5 Å². The van der Waals surface area contributed by atoms with Crippen LogP contribution < -0.4 is 14.4 Å². The van der Waals surface area contributed by atoms with E-state index in [4.69, 9.17) is 9.47 Å². The zero-order chi connectivity index (χ0) is 20.3. The molecule has 0 fully saturated rings. The fraction of sp³-hybridized carbons (Fsp3) is 0.350. The van der Waals surface area contributed by atoms with Gasteiger partial charge in [0, 0.05) is 19.3 Å². The van der Waals surface area contributed by atoms with Gasteiger partial charge in [-0.25, -0.2) is 8.42 Å². The third-order valence-electron chi connectivity index (χ3n) is 4.49. The molecule has 0 atom stereocenters. The number of carbonyl (C=O) groups is 1. The summed E-state index contributed by atoms with van der Waals surface area (Å²) in [6.45, 7) is 4.52. The molecule has 8 heteroatoms. The van der Waals surface area contributed by atoms with Crippen molar-refractivity contribution in [2.24, 2.45) is 0 Å². The van der Waals surface area contributed by atoms with Crippen LogP contribution in [-0.4, -0.2) is 41.2 Å². The van der Waals surface area contributed by atoms with Gasteiger partial charge in [-0.3, -0.25) is 9.52 Å². The van der Waals surface area contributed by atoms with Gasteiger partial charge in [0.1, 0.15) is 17.3 Å². The number of methoxy groups -OCH3 is 1. The molecule has 0 aromatic heterocycles. The second-order valence-electron chi connectivity index (χ2n) is 6.56. The number of nitrogens with one attached hydrogen (secondary N) is 1. The minimum atomic E-state index is -3.86. The van der Waals surface area contributed by atoms with Crippen molar-refractivity contribution in [2.45, 2.75) is 25.2 Å². The Morgan fingerprint density at radius 1 is 1.21 bits per heavy atom. The molecular weight excluding hydrogens is 380 g/mol. The van der Waals surface area contributed by atoms with Gasteiger partial charge in [-0.15, -0.1) is 0 Å². The topological polar surface area (TPSA) is 84.9 Å². The molecule has 2 aromatic carbocycles. The second-order valence-corrected chi connectivity index (χ2v) is 8.21. The van der Waals surface area contributed by atoms with Crippen molar-refractivity contribution in [3.05, 3.63) is 47.5 Å². The first-order valence-electron chi connectivity index (χ1n) is 9.04. The standard InChI is InChI=1S/C20H24N2O5S/c1-4-27-18-8-5-14(2)11-19(18)28(24,25)21-16-7-6-15-9-10-22(17(15)12-16)20(23)13-26-3/h5-8,11-12,21H,4,9-10,13H2,1-3H3. The van der Waals surface area contributed by atoms with E-state index in [2.05, 4.69) is 4.72 Å². The Kier molecular flexibility index (Phi) is 5.90. The van der Waals surface area contributed by atoms with Crippen molar-refractivity contribution < 1.29 is 22.7 Å². The Morgan fingerprint density at radius 3 is 2.71 bits per heavy atom. The Bertz CT molecular complexity index is 988. The molecule has 0 aliphatic carbocycles. The molecule has 0 unspecified atom stereocenters. The number of ether oxygens (including phenoxy) is 2. The van der Waals surface area contributed by atoms with Gasteiger partial charge in [-0.2, -0.15) is 0 Å². The van der Waals surface area contributed by atoms with Gasteiger partial charge in [0.05, 0.1) is 12.3 Å². The van der Waals surface area contributed by atoms with E-state index >= 15 is 0 Å². The molecule has 7 nitrogen and oxygen atoms in total. The van der Waals surface area contributed by atoms with E-state index < -0.39 is 10.0 Å². The lowest BCUT2D eigenvalue weighted by Crippen LogP contribution is -2.32. The summed E-state index contributed by atoms with van der Waals surface area (Å²) in [5, 5.41) is 0. The monoisotopic (exact) mass is 404 g/mol. The summed E-state index contributed by atoms with van der Waals surface area (Å²) in [5.41, 5.74) is 2.91. The number of anilines is 2. The van der Waals surface area contributed by atoms with E-state index in [1.807, 2.05) is 13.0 Å². The molecule has 1 heterocycles. The average Bonchev–Trinajstić information content (AvgIpc) is 3.06. The molecule has 1 aliphatic heterocycles. The lowest BCUT2D eigenvalue weighted by molar-refractivity contribution is -0.122. The van der Waals surface area contributed by atoms with Crippen LogP contribution in [0.25, 0.3) is 0 Å². The largest absolute Gasteiger partial charge is 0.492 e. The number of nitrogens with zero attached hydrogens (tertiary/aromatic N) is 1. The quantitative estimate of drug-likeness (QED) is 0.767. The number of amides is 1. The third-order valence-corrected chi connectivity index (χ3v) is 5.89. The van der Waals surface area contributed by atoms with Gasteiger partial charge in [0.15, 0.2) is 0 Å². The van der Waals surface area contributed by atoms with Gasteiger partial charge in [0.2, 0.25) is 0 Å². The van der Waals surface area contributed by atoms with Gasteiger partial charge in [0.25, 0.3) is 15.9 Å². The fourth-order valence-electron chi connectivity index (χ4n) is 3.21. The number of aryl methyl sites for hydroxylation is 1. The maximum absolute atomic E-state index is 13.0. The van der Waals surface area contributed by atoms with Crippen molar-refractivity contribution in [3.8, 4) is 5.75 Å². The SMILES string of the molecule is CCOc1ccc(C)cc1S(=O)(=O)Nc1ccc2c(c1)N(C(=O)COC)CC2. The van der Waals surface area contributed by atoms with Crippen LogP contribution in [-0.2, 0) is 26.0 Å². The number of carbonyl (C=O) groups excluding carboxylic acids is 1. The van der Waals surface area contributed by atoms with Crippen molar-refractivity contribution in [3.63, 3.8) is 0 Å². The maximum Gasteiger partial charge on any atom is 0.265 e. The molecule has 0 bridgehead atoms. The van der Waals surface area contributed by atoms with Crippen LogP contribution >= 0.6 is 0 Å². The van der Waals surface area contributed by atoms with Gasteiger partial charge in [-0.1, -0.05) is 12.1 Å². The number of rotatable bonds is 7. The Balaban J connectivity index is 1.91. The van der Waals surface area contributed by atoms with Gasteiger partial charge in [-0.05, 0) is 55.7 Å². The Hall–Kier alpha value is -2.58. The summed E-state index contributed by atoms with van der Waals surface area (Å²) >= 11 is 0. The number of benzene rings is 2. The first kappa shape index (κ1) is 20.2. The molecule has 1 N–H and O–H groups in total. The molecule has 150 valence electrons. The zero-order valence-electron chi connectivity index (χ0n) is 16.2. The van der Waals surface area contributed by atoms with Crippen LogP contribution in [0.4, 0.5) is 11.4 Å². The molecular formula is C20H24N2O5S. The lowest BCUT2D eigenvalue weighted by Gasteiger charge is -2.18. The van der Waals surface area contributed by atoms with E-state index in [0.717, 1.165) is 17.5 Å². The van der Waals surface area contributed by atoms with Crippen LogP contribution in [0.1, 0.15) is 18.1 Å². The fourth-order valence-corrected chi connectivity index (χ4v) is 4.49.